The molecule has 1 amide bonds. The van der Waals surface area contributed by atoms with Crippen LogP contribution < -0.4 is 9.47 Å². The van der Waals surface area contributed by atoms with Crippen LogP contribution in [0.25, 0.3) is 11.0 Å². The van der Waals surface area contributed by atoms with Gasteiger partial charge in [-0.1, -0.05) is 18.2 Å². The maximum Gasteiger partial charge on any atom is 0.286 e. The first-order valence-electron chi connectivity index (χ1n) is 9.12. The van der Waals surface area contributed by atoms with Crippen molar-refractivity contribution in [2.75, 3.05) is 20.8 Å². The average molecular weight is 398 g/mol. The average Bonchev–Trinajstić information content (AvgIpc) is 3.16. The van der Waals surface area contributed by atoms with Crippen LogP contribution in [0.5, 0.6) is 11.5 Å². The predicted molar refractivity (Wildman–Crippen MR) is 108 cm³/mol. The summed E-state index contributed by atoms with van der Waals surface area (Å²) in [6.45, 7) is 3.90. The van der Waals surface area contributed by atoms with Gasteiger partial charge in [0, 0.05) is 18.5 Å². The van der Waals surface area contributed by atoms with E-state index in [1.54, 1.807) is 20.9 Å². The van der Waals surface area contributed by atoms with Gasteiger partial charge in [-0.25, -0.2) is 0 Å². The Morgan fingerprint density at radius 1 is 1.24 bits per heavy atom. The normalized spacial score (nSPS) is 11.9. The van der Waals surface area contributed by atoms with Crippen LogP contribution in [0.4, 0.5) is 5.69 Å². The number of rotatable bonds is 7. The highest BCUT2D eigenvalue weighted by Gasteiger charge is 2.30. The standard InChI is InChI=1S/C21H22N2O6/c1-5-28-20-11-15(16(23(25)26)12-19(20)27-4)21(24)22(3)13(2)18-10-14-8-6-7-9-17(14)29-18/h6-13H,5H2,1-4H3. The van der Waals surface area contributed by atoms with E-state index in [9.17, 15) is 14.9 Å². The largest absolute Gasteiger partial charge is 0.493 e. The topological polar surface area (TPSA) is 95.0 Å². The van der Waals surface area contributed by atoms with Crippen molar-refractivity contribution in [3.8, 4) is 11.5 Å². The fraction of sp³-hybridized carbons (Fsp3) is 0.286. The lowest BCUT2D eigenvalue weighted by atomic mass is 10.1. The van der Waals surface area contributed by atoms with Gasteiger partial charge in [-0.05, 0) is 26.0 Å². The molecule has 8 heteroatoms. The molecule has 0 radical (unpaired) electrons. The zero-order valence-electron chi connectivity index (χ0n) is 16.7. The molecule has 0 fully saturated rings. The first-order valence-corrected chi connectivity index (χ1v) is 9.12. The molecule has 1 aromatic heterocycles. The molecule has 0 bridgehead atoms. The van der Waals surface area contributed by atoms with Crippen LogP contribution in [0.3, 0.4) is 0 Å². The summed E-state index contributed by atoms with van der Waals surface area (Å²) in [4.78, 5) is 25.5. The van der Waals surface area contributed by atoms with Gasteiger partial charge in [0.2, 0.25) is 0 Å². The fourth-order valence-electron chi connectivity index (χ4n) is 3.06. The molecule has 0 N–H and O–H groups in total. The number of nitro groups is 1. The second-order valence-corrected chi connectivity index (χ2v) is 6.49. The van der Waals surface area contributed by atoms with Crippen LogP contribution in [0.2, 0.25) is 0 Å². The summed E-state index contributed by atoms with van der Waals surface area (Å²) >= 11 is 0. The van der Waals surface area contributed by atoms with Gasteiger partial charge in [-0.15, -0.1) is 0 Å². The molecule has 0 aliphatic carbocycles. The Bertz CT molecular complexity index is 1030. The summed E-state index contributed by atoms with van der Waals surface area (Å²) in [6, 6.07) is 11.5. The molecule has 8 nitrogen and oxygen atoms in total. The van der Waals surface area contributed by atoms with E-state index >= 15 is 0 Å². The third-order valence-electron chi connectivity index (χ3n) is 4.77. The summed E-state index contributed by atoms with van der Waals surface area (Å²) in [7, 11) is 2.97. The Labute approximate surface area is 167 Å². The molecule has 29 heavy (non-hydrogen) atoms. The van der Waals surface area contributed by atoms with Crippen LogP contribution in [0.15, 0.2) is 46.9 Å². The van der Waals surface area contributed by atoms with Gasteiger partial charge in [0.25, 0.3) is 11.6 Å². The molecule has 0 spiro atoms. The number of hydrogen-bond acceptors (Lipinski definition) is 6. The highest BCUT2D eigenvalue weighted by atomic mass is 16.6. The van der Waals surface area contributed by atoms with Gasteiger partial charge >= 0.3 is 0 Å². The van der Waals surface area contributed by atoms with Crippen molar-refractivity contribution in [2.24, 2.45) is 0 Å². The maximum absolute atomic E-state index is 13.1. The van der Waals surface area contributed by atoms with Crippen molar-refractivity contribution in [2.45, 2.75) is 19.9 Å². The van der Waals surface area contributed by atoms with E-state index in [0.717, 1.165) is 5.39 Å². The number of carbonyl (C=O) groups is 1. The van der Waals surface area contributed by atoms with Crippen molar-refractivity contribution < 1.29 is 23.6 Å². The number of amides is 1. The van der Waals surface area contributed by atoms with Gasteiger partial charge in [-0.2, -0.15) is 0 Å². The number of methoxy groups -OCH3 is 1. The fourth-order valence-corrected chi connectivity index (χ4v) is 3.06. The smallest absolute Gasteiger partial charge is 0.286 e. The molecule has 0 saturated carbocycles. The first kappa shape index (κ1) is 20.2. The Balaban J connectivity index is 1.99. The lowest BCUT2D eigenvalue weighted by molar-refractivity contribution is -0.385. The van der Waals surface area contributed by atoms with Gasteiger partial charge in [0.15, 0.2) is 11.5 Å². The molecule has 0 aliphatic rings. The minimum Gasteiger partial charge on any atom is -0.493 e. The second kappa shape index (κ2) is 8.22. The van der Waals surface area contributed by atoms with Crippen molar-refractivity contribution in [3.63, 3.8) is 0 Å². The number of furan rings is 1. The Hall–Kier alpha value is -3.55. The van der Waals surface area contributed by atoms with E-state index in [2.05, 4.69) is 0 Å². The highest BCUT2D eigenvalue weighted by molar-refractivity contribution is 5.99. The van der Waals surface area contributed by atoms with Crippen molar-refractivity contribution in [1.82, 2.24) is 4.90 Å². The molecule has 3 rings (SSSR count). The molecule has 3 aromatic rings. The summed E-state index contributed by atoms with van der Waals surface area (Å²) < 4.78 is 16.5. The van der Waals surface area contributed by atoms with Crippen molar-refractivity contribution >= 4 is 22.6 Å². The molecular weight excluding hydrogens is 376 g/mol. The summed E-state index contributed by atoms with van der Waals surface area (Å²) in [5, 5.41) is 12.5. The maximum atomic E-state index is 13.1. The zero-order valence-corrected chi connectivity index (χ0v) is 16.7. The lowest BCUT2D eigenvalue weighted by Gasteiger charge is -2.23. The van der Waals surface area contributed by atoms with Gasteiger partial charge in [0.05, 0.1) is 30.7 Å². The monoisotopic (exact) mass is 398 g/mol. The number of ether oxygens (including phenoxy) is 2. The summed E-state index contributed by atoms with van der Waals surface area (Å²) in [5.74, 6) is 0.535. The number of carbonyl (C=O) groups excluding carboxylic acids is 1. The van der Waals surface area contributed by atoms with Crippen LogP contribution >= 0.6 is 0 Å². The quantitative estimate of drug-likeness (QED) is 0.427. The van der Waals surface area contributed by atoms with Crippen LogP contribution in [-0.4, -0.2) is 36.5 Å². The van der Waals surface area contributed by atoms with Crippen LogP contribution in [0, 0.1) is 10.1 Å². The van der Waals surface area contributed by atoms with E-state index in [1.165, 1.54) is 24.1 Å². The highest BCUT2D eigenvalue weighted by Crippen LogP contribution is 2.36. The van der Waals surface area contributed by atoms with Crippen LogP contribution in [0.1, 0.15) is 36.0 Å². The van der Waals surface area contributed by atoms with E-state index in [0.29, 0.717) is 18.0 Å². The van der Waals surface area contributed by atoms with E-state index < -0.39 is 16.9 Å². The number of hydrogen-bond donors (Lipinski definition) is 0. The second-order valence-electron chi connectivity index (χ2n) is 6.49. The third kappa shape index (κ3) is 3.87. The van der Waals surface area contributed by atoms with Gasteiger partial charge in [-0.3, -0.25) is 14.9 Å². The molecule has 0 aliphatic heterocycles. The van der Waals surface area contributed by atoms with E-state index in [4.69, 9.17) is 13.9 Å². The molecule has 1 heterocycles. The van der Waals surface area contributed by atoms with E-state index in [1.807, 2.05) is 30.3 Å². The SMILES string of the molecule is CCOc1cc(C(=O)N(C)C(C)c2cc3ccccc3o2)c([N+](=O)[O-])cc1OC. The minimum atomic E-state index is -0.606. The lowest BCUT2D eigenvalue weighted by Crippen LogP contribution is -2.30. The molecule has 0 saturated heterocycles. The summed E-state index contributed by atoms with van der Waals surface area (Å²) in [6.07, 6.45) is 0. The number of nitrogens with zero attached hydrogens (tertiary/aromatic N) is 2. The number of para-hydroxylation sites is 1. The number of nitro benzene ring substituents is 1. The van der Waals surface area contributed by atoms with Gasteiger partial charge in [0.1, 0.15) is 16.9 Å². The molecule has 152 valence electrons. The molecule has 1 atom stereocenters. The Morgan fingerprint density at radius 2 is 1.97 bits per heavy atom. The Morgan fingerprint density at radius 3 is 2.59 bits per heavy atom. The van der Waals surface area contributed by atoms with Gasteiger partial charge < -0.3 is 18.8 Å². The van der Waals surface area contributed by atoms with Crippen molar-refractivity contribution in [1.29, 1.82) is 0 Å². The first-order chi connectivity index (χ1) is 13.9. The third-order valence-corrected chi connectivity index (χ3v) is 4.77. The predicted octanol–water partition coefficient (Wildman–Crippen LogP) is 4.58. The number of benzene rings is 2. The van der Waals surface area contributed by atoms with E-state index in [-0.39, 0.29) is 22.7 Å². The zero-order chi connectivity index (χ0) is 21.1. The number of fused-ring (bicyclic) bond motifs is 1. The minimum absolute atomic E-state index is 0.0790. The van der Waals surface area contributed by atoms with Crippen molar-refractivity contribution in [3.05, 3.63) is 63.9 Å². The van der Waals surface area contributed by atoms with Crippen LogP contribution in [-0.2, 0) is 0 Å². The molecule has 2 aromatic carbocycles. The molecule has 1 unspecified atom stereocenters. The Kier molecular flexibility index (Phi) is 5.72. The summed E-state index contributed by atoms with van der Waals surface area (Å²) in [5.41, 5.74) is 0.285. The molecular formula is C21H22N2O6.